The molecule has 0 radical (unpaired) electrons. The number of alkyl halides is 1. The Morgan fingerprint density at radius 2 is 2.03 bits per heavy atom. The Labute approximate surface area is 207 Å². The summed E-state index contributed by atoms with van der Waals surface area (Å²) in [4.78, 5) is 38.8. The number of morpholine rings is 1. The van der Waals surface area contributed by atoms with Crippen LogP contribution in [0.5, 0.6) is 0 Å². The standard InChI is InChI=1S/C23H29IN6O3/c1-4-29-10-9-18-19(22(29)31)27-20(28-21(18)30-11-12-33-13-14(30)2)16-5-7-17(8-6-16)26-23(32)25-15(3)24/h5-8,14-15H,4,9-13H2,1-3H3,(H2,25,26,32). The molecule has 2 atom stereocenters. The van der Waals surface area contributed by atoms with Crippen LogP contribution < -0.4 is 15.5 Å². The van der Waals surface area contributed by atoms with Crippen LogP contribution >= 0.6 is 22.6 Å². The molecule has 2 aliphatic heterocycles. The number of ether oxygens (including phenoxy) is 1. The summed E-state index contributed by atoms with van der Waals surface area (Å²) in [5, 5.41) is 5.60. The summed E-state index contributed by atoms with van der Waals surface area (Å²) >= 11 is 2.13. The van der Waals surface area contributed by atoms with Crippen molar-refractivity contribution in [2.45, 2.75) is 37.3 Å². The van der Waals surface area contributed by atoms with Gasteiger partial charge in [0, 0.05) is 36.4 Å². The SMILES string of the molecule is CCN1CCc2c(nc(-c3ccc(NC(=O)NC(C)I)cc3)nc2N2CCOCC2C)C1=O. The molecule has 9 nitrogen and oxygen atoms in total. The van der Waals surface area contributed by atoms with Gasteiger partial charge in [-0.2, -0.15) is 0 Å². The van der Waals surface area contributed by atoms with Crippen molar-refractivity contribution in [3.63, 3.8) is 0 Å². The van der Waals surface area contributed by atoms with Gasteiger partial charge in [0.25, 0.3) is 5.91 Å². The normalized spacial score (nSPS) is 19.2. The van der Waals surface area contributed by atoms with E-state index in [1.165, 1.54) is 0 Å². The molecule has 2 N–H and O–H groups in total. The highest BCUT2D eigenvalue weighted by atomic mass is 127. The van der Waals surface area contributed by atoms with Crippen LogP contribution in [0.15, 0.2) is 24.3 Å². The Balaban J connectivity index is 1.70. The first kappa shape index (κ1) is 23.7. The van der Waals surface area contributed by atoms with Crippen LogP contribution in [0.4, 0.5) is 16.3 Å². The molecule has 3 heterocycles. The van der Waals surface area contributed by atoms with Crippen molar-refractivity contribution in [1.82, 2.24) is 20.2 Å². The maximum Gasteiger partial charge on any atom is 0.320 e. The number of anilines is 2. The van der Waals surface area contributed by atoms with Gasteiger partial charge < -0.3 is 25.2 Å². The Kier molecular flexibility index (Phi) is 7.32. The highest BCUT2D eigenvalue weighted by Crippen LogP contribution is 2.31. The van der Waals surface area contributed by atoms with Crippen molar-refractivity contribution in [2.75, 3.05) is 43.1 Å². The predicted octanol–water partition coefficient (Wildman–Crippen LogP) is 3.29. The van der Waals surface area contributed by atoms with E-state index < -0.39 is 0 Å². The summed E-state index contributed by atoms with van der Waals surface area (Å²) in [6.07, 6.45) is 0.738. The van der Waals surface area contributed by atoms with Gasteiger partial charge in [-0.3, -0.25) is 4.79 Å². The first-order chi connectivity index (χ1) is 15.9. The molecule has 176 valence electrons. The average Bonchev–Trinajstić information content (AvgIpc) is 2.79. The van der Waals surface area contributed by atoms with Crippen LogP contribution in [0.25, 0.3) is 11.4 Å². The van der Waals surface area contributed by atoms with Gasteiger partial charge in [0.2, 0.25) is 0 Å². The number of aromatic nitrogens is 2. The van der Waals surface area contributed by atoms with Crippen molar-refractivity contribution in [1.29, 1.82) is 0 Å². The molecule has 1 saturated heterocycles. The zero-order chi connectivity index (χ0) is 23.5. The van der Waals surface area contributed by atoms with E-state index in [2.05, 4.69) is 45.0 Å². The molecule has 1 aromatic heterocycles. The van der Waals surface area contributed by atoms with Gasteiger partial charge in [0.1, 0.15) is 11.5 Å². The third kappa shape index (κ3) is 5.21. The Bertz CT molecular complexity index is 1030. The van der Waals surface area contributed by atoms with Crippen LogP contribution in [-0.4, -0.2) is 69.7 Å². The minimum Gasteiger partial charge on any atom is -0.377 e. The lowest BCUT2D eigenvalue weighted by molar-refractivity contribution is 0.0741. The van der Waals surface area contributed by atoms with E-state index in [0.717, 1.165) is 29.9 Å². The monoisotopic (exact) mass is 564 g/mol. The first-order valence-electron chi connectivity index (χ1n) is 11.2. The fraction of sp³-hybridized carbons (Fsp3) is 0.478. The molecule has 0 spiro atoms. The Hall–Kier alpha value is -2.47. The van der Waals surface area contributed by atoms with Gasteiger partial charge in [-0.25, -0.2) is 14.8 Å². The minimum atomic E-state index is -0.261. The highest BCUT2D eigenvalue weighted by Gasteiger charge is 2.32. The van der Waals surface area contributed by atoms with Crippen molar-refractivity contribution in [3.8, 4) is 11.4 Å². The number of hydrogen-bond donors (Lipinski definition) is 2. The van der Waals surface area contributed by atoms with E-state index in [9.17, 15) is 9.59 Å². The summed E-state index contributed by atoms with van der Waals surface area (Å²) in [6.45, 7) is 9.30. The molecule has 0 saturated carbocycles. The smallest absolute Gasteiger partial charge is 0.320 e. The summed E-state index contributed by atoms with van der Waals surface area (Å²) in [7, 11) is 0. The number of nitrogens with zero attached hydrogens (tertiary/aromatic N) is 4. The molecule has 1 fully saturated rings. The van der Waals surface area contributed by atoms with E-state index in [1.807, 2.05) is 43.0 Å². The molecule has 4 rings (SSSR count). The van der Waals surface area contributed by atoms with Gasteiger partial charge in [0.05, 0.1) is 23.3 Å². The first-order valence-corrected chi connectivity index (χ1v) is 12.5. The molecule has 2 aliphatic rings. The fourth-order valence-corrected chi connectivity index (χ4v) is 4.42. The maximum atomic E-state index is 13.1. The number of carbonyl (C=O) groups is 2. The highest BCUT2D eigenvalue weighted by molar-refractivity contribution is 14.1. The largest absolute Gasteiger partial charge is 0.377 e. The molecule has 0 aliphatic carbocycles. The quantitative estimate of drug-likeness (QED) is 0.329. The molecule has 0 bridgehead atoms. The maximum absolute atomic E-state index is 13.1. The second kappa shape index (κ2) is 10.2. The van der Waals surface area contributed by atoms with Crippen LogP contribution in [0.2, 0.25) is 0 Å². The lowest BCUT2D eigenvalue weighted by atomic mass is 10.0. The van der Waals surface area contributed by atoms with Gasteiger partial charge in [0.15, 0.2) is 5.82 Å². The number of nitrogens with one attached hydrogen (secondary N) is 2. The van der Waals surface area contributed by atoms with E-state index in [-0.39, 0.29) is 22.0 Å². The van der Waals surface area contributed by atoms with Gasteiger partial charge in [-0.15, -0.1) is 0 Å². The molecule has 2 aromatic rings. The van der Waals surface area contributed by atoms with Crippen molar-refractivity contribution in [3.05, 3.63) is 35.5 Å². The van der Waals surface area contributed by atoms with E-state index >= 15 is 0 Å². The predicted molar refractivity (Wildman–Crippen MR) is 136 cm³/mol. The molecule has 1 aromatic carbocycles. The van der Waals surface area contributed by atoms with Crippen LogP contribution in [0.1, 0.15) is 36.8 Å². The van der Waals surface area contributed by atoms with E-state index in [1.54, 1.807) is 0 Å². The second-order valence-electron chi connectivity index (χ2n) is 8.24. The number of carbonyl (C=O) groups excluding carboxylic acids is 2. The zero-order valence-electron chi connectivity index (χ0n) is 19.1. The molecule has 3 amide bonds. The number of rotatable bonds is 5. The second-order valence-corrected chi connectivity index (χ2v) is 10.1. The Morgan fingerprint density at radius 3 is 2.70 bits per heavy atom. The van der Waals surface area contributed by atoms with Crippen LogP contribution in [0, 0.1) is 0 Å². The number of urea groups is 1. The lowest BCUT2D eigenvalue weighted by Crippen LogP contribution is -2.46. The number of likely N-dealkylation sites (N-methyl/N-ethyl adjacent to an activating group) is 1. The van der Waals surface area contributed by atoms with Crippen molar-refractivity contribution in [2.24, 2.45) is 0 Å². The number of amides is 3. The topological polar surface area (TPSA) is 99.7 Å². The zero-order valence-corrected chi connectivity index (χ0v) is 21.3. The van der Waals surface area contributed by atoms with Crippen molar-refractivity contribution >= 4 is 46.0 Å². The number of halogens is 1. The number of benzene rings is 1. The number of fused-ring (bicyclic) bond motifs is 1. The minimum absolute atomic E-state index is 0.0204. The summed E-state index contributed by atoms with van der Waals surface area (Å²) in [6, 6.07) is 7.25. The van der Waals surface area contributed by atoms with Gasteiger partial charge >= 0.3 is 6.03 Å². The van der Waals surface area contributed by atoms with E-state index in [0.29, 0.717) is 43.5 Å². The molecular weight excluding hydrogens is 535 g/mol. The van der Waals surface area contributed by atoms with Gasteiger partial charge in [-0.1, -0.05) is 22.6 Å². The molecule has 33 heavy (non-hydrogen) atoms. The molecular formula is C23H29IN6O3. The average molecular weight is 564 g/mol. The lowest BCUT2D eigenvalue weighted by Gasteiger charge is -2.37. The summed E-state index contributed by atoms with van der Waals surface area (Å²) in [5.41, 5.74) is 2.86. The van der Waals surface area contributed by atoms with Crippen LogP contribution in [-0.2, 0) is 11.2 Å². The number of hydrogen-bond acceptors (Lipinski definition) is 6. The third-order valence-corrected chi connectivity index (χ3v) is 6.17. The molecule has 2 unspecified atom stereocenters. The van der Waals surface area contributed by atoms with Crippen LogP contribution in [0.3, 0.4) is 0 Å². The third-order valence-electron chi connectivity index (χ3n) is 5.86. The Morgan fingerprint density at radius 1 is 1.27 bits per heavy atom. The fourth-order valence-electron chi connectivity index (χ4n) is 4.14. The van der Waals surface area contributed by atoms with Gasteiger partial charge in [-0.05, 0) is 51.5 Å². The molecule has 10 heteroatoms. The summed E-state index contributed by atoms with van der Waals surface area (Å²) < 4.78 is 5.64. The van der Waals surface area contributed by atoms with Crippen molar-refractivity contribution < 1.29 is 14.3 Å². The summed E-state index contributed by atoms with van der Waals surface area (Å²) in [5.74, 6) is 1.28. The van der Waals surface area contributed by atoms with E-state index in [4.69, 9.17) is 14.7 Å².